The molecule has 0 amide bonds. The maximum absolute atomic E-state index is 12.1. The number of ketones is 1. The summed E-state index contributed by atoms with van der Waals surface area (Å²) in [7, 11) is -8.85. The quantitative estimate of drug-likeness (QED) is 0.139. The van der Waals surface area contributed by atoms with Crippen LogP contribution in [0.25, 0.3) is 5.53 Å². The van der Waals surface area contributed by atoms with Crippen LogP contribution >= 0.6 is 0 Å². The molecule has 0 heterocycles. The lowest BCUT2D eigenvalue weighted by molar-refractivity contribution is -0.146. The number of esters is 1. The molecule has 0 spiro atoms. The molecule has 0 unspecified atom stereocenters. The molecule has 0 saturated carbocycles. The Morgan fingerprint density at radius 1 is 1.13 bits per heavy atom. The number of hydrogen-bond donors (Lipinski definition) is 0. The summed E-state index contributed by atoms with van der Waals surface area (Å²) in [5, 5.41) is 0. The summed E-state index contributed by atoms with van der Waals surface area (Å²) in [6.45, 7) is 1.47. The van der Waals surface area contributed by atoms with Gasteiger partial charge in [-0.25, -0.2) is 21.6 Å². The number of benzene rings is 1. The van der Waals surface area contributed by atoms with Gasteiger partial charge in [0.2, 0.25) is 5.78 Å². The van der Waals surface area contributed by atoms with Crippen LogP contribution in [0.5, 0.6) is 5.75 Å². The predicted molar refractivity (Wildman–Crippen MR) is 78.0 cm³/mol. The van der Waals surface area contributed by atoms with Crippen molar-refractivity contribution in [1.29, 1.82) is 0 Å². The van der Waals surface area contributed by atoms with Gasteiger partial charge in [0, 0.05) is 6.42 Å². The fourth-order valence-electron chi connectivity index (χ4n) is 1.42. The third-order valence-corrected chi connectivity index (χ3v) is 6.24. The van der Waals surface area contributed by atoms with Crippen LogP contribution in [0.1, 0.15) is 13.3 Å². The maximum Gasteiger partial charge on any atom is 0.499 e. The van der Waals surface area contributed by atoms with Crippen molar-refractivity contribution in [3.63, 3.8) is 0 Å². The smallest absolute Gasteiger partial charge is 0.421 e. The molecule has 11 heteroatoms. The lowest BCUT2D eigenvalue weighted by Crippen LogP contribution is -2.25. The van der Waals surface area contributed by atoms with Gasteiger partial charge < -0.3 is 10.3 Å². The Hall–Kier alpha value is -2.36. The van der Waals surface area contributed by atoms with Crippen molar-refractivity contribution in [2.45, 2.75) is 18.2 Å². The number of carbonyl (C=O) groups excluding carboxylic acids is 2. The van der Waals surface area contributed by atoms with Gasteiger partial charge in [-0.15, -0.1) is 4.79 Å². The molecule has 0 bridgehead atoms. The summed E-state index contributed by atoms with van der Waals surface area (Å²) in [5.41, 5.74) is 8.64. The third kappa shape index (κ3) is 4.31. The average molecular weight is 360 g/mol. The number of ether oxygens (including phenoxy) is 1. The van der Waals surface area contributed by atoms with Crippen LogP contribution < -0.4 is 4.74 Å². The lowest BCUT2D eigenvalue weighted by Gasteiger charge is -2.04. The fraction of sp³-hybridized carbons (Fsp3) is 0.250. The maximum atomic E-state index is 12.1. The summed E-state index contributed by atoms with van der Waals surface area (Å²) >= 11 is 0. The number of Topliss-reactive ketones (excluding diaryl/α,β-unsaturated/α-hetero) is 1. The zero-order chi connectivity index (χ0) is 17.8. The fourth-order valence-corrected chi connectivity index (χ4v) is 4.26. The van der Waals surface area contributed by atoms with Crippen molar-refractivity contribution in [3.8, 4) is 5.75 Å². The van der Waals surface area contributed by atoms with Crippen LogP contribution in [-0.4, -0.2) is 44.0 Å². The minimum atomic E-state index is -4.57. The Balaban J connectivity index is 3.17. The average Bonchev–Trinajstić information content (AvgIpc) is 2.45. The number of hydrogen-bond acceptors (Lipinski definition) is 7. The Kier molecular flexibility index (Phi) is 5.54. The van der Waals surface area contributed by atoms with E-state index >= 15 is 0 Å². The van der Waals surface area contributed by atoms with Gasteiger partial charge in [-0.3, -0.25) is 4.79 Å². The Labute approximate surface area is 132 Å². The molecule has 0 saturated heterocycles. The zero-order valence-electron chi connectivity index (χ0n) is 12.1. The number of sulfone groups is 2. The first kappa shape index (κ1) is 18.7. The lowest BCUT2D eigenvalue weighted by atomic mass is 10.3. The van der Waals surface area contributed by atoms with Gasteiger partial charge in [-0.05, 0) is 24.3 Å². The van der Waals surface area contributed by atoms with E-state index in [-0.39, 0.29) is 12.2 Å². The van der Waals surface area contributed by atoms with E-state index in [1.165, 1.54) is 6.92 Å². The van der Waals surface area contributed by atoms with Gasteiger partial charge in [0.15, 0.2) is 0 Å². The molecular weight excluding hydrogens is 348 g/mol. The number of nitrogens with zero attached hydrogens (tertiary/aromatic N) is 2. The largest absolute Gasteiger partial charge is 0.499 e. The second-order valence-corrected chi connectivity index (χ2v) is 8.33. The molecule has 0 fully saturated rings. The third-order valence-electron chi connectivity index (χ3n) is 2.52. The highest BCUT2D eigenvalue weighted by molar-refractivity contribution is 8.30. The van der Waals surface area contributed by atoms with Crippen molar-refractivity contribution in [1.82, 2.24) is 0 Å². The molecule has 9 nitrogen and oxygen atoms in total. The topological polar surface area (TPSA) is 148 Å². The molecule has 124 valence electrons. The van der Waals surface area contributed by atoms with Gasteiger partial charge in [0.05, 0.1) is 11.2 Å². The van der Waals surface area contributed by atoms with E-state index in [4.69, 9.17) is 10.3 Å². The van der Waals surface area contributed by atoms with E-state index in [1.54, 1.807) is 0 Å². The monoisotopic (exact) mass is 360 g/mol. The van der Waals surface area contributed by atoms with E-state index in [0.29, 0.717) is 6.26 Å². The molecule has 23 heavy (non-hydrogen) atoms. The highest BCUT2D eigenvalue weighted by Gasteiger charge is 2.39. The van der Waals surface area contributed by atoms with Gasteiger partial charge >= 0.3 is 10.3 Å². The van der Waals surface area contributed by atoms with Crippen LogP contribution in [-0.2, 0) is 29.3 Å². The molecule has 0 radical (unpaired) electrons. The SMILES string of the molecule is CCC(=O)C(=O)Oc1ccc(S(=O)(=O)C(=[N+]=[N-])S(C)(=O)=O)cc1. The summed E-state index contributed by atoms with van der Waals surface area (Å²) < 4.78 is 50.1. The standard InChI is InChI=1S/C12H12N2O7S2/c1-3-10(15)11(16)21-8-4-6-9(7-5-8)23(19,20)12(14-13)22(2,17)18/h4-7H,3H2,1-2H3. The molecule has 0 N–H and O–H groups in total. The summed E-state index contributed by atoms with van der Waals surface area (Å²) in [6.07, 6.45) is 0.530. The molecule has 0 aliphatic rings. The van der Waals surface area contributed by atoms with E-state index in [1.807, 2.05) is 0 Å². The van der Waals surface area contributed by atoms with Crippen LogP contribution in [0.4, 0.5) is 0 Å². The predicted octanol–water partition coefficient (Wildman–Crippen LogP) is -0.0248. The van der Waals surface area contributed by atoms with E-state index in [2.05, 4.69) is 4.79 Å². The second-order valence-electron chi connectivity index (χ2n) is 4.28. The van der Waals surface area contributed by atoms with Crippen molar-refractivity contribution in [2.24, 2.45) is 0 Å². The molecule has 1 aromatic rings. The first-order valence-electron chi connectivity index (χ1n) is 6.06. The molecule has 1 aromatic carbocycles. The first-order valence-corrected chi connectivity index (χ1v) is 9.43. The van der Waals surface area contributed by atoms with Gasteiger partial charge in [0.1, 0.15) is 5.75 Å². The molecule has 1 rings (SSSR count). The second kappa shape index (κ2) is 6.82. The van der Waals surface area contributed by atoms with Gasteiger partial charge in [-0.1, -0.05) is 6.92 Å². The van der Waals surface area contributed by atoms with Crippen molar-refractivity contribution < 1.29 is 36.0 Å². The number of carbonyl (C=O) groups is 2. The van der Waals surface area contributed by atoms with Crippen molar-refractivity contribution in [3.05, 3.63) is 29.8 Å². The van der Waals surface area contributed by atoms with E-state index < -0.39 is 40.7 Å². The molecule has 0 aliphatic heterocycles. The van der Waals surface area contributed by atoms with Crippen molar-refractivity contribution in [2.75, 3.05) is 6.26 Å². The minimum Gasteiger partial charge on any atom is -0.421 e. The van der Waals surface area contributed by atoms with Gasteiger partial charge in [0.25, 0.3) is 19.7 Å². The van der Waals surface area contributed by atoms with Crippen LogP contribution in [0, 0.1) is 0 Å². The highest BCUT2D eigenvalue weighted by atomic mass is 32.3. The molecule has 0 aliphatic carbocycles. The summed E-state index contributed by atoms with van der Waals surface area (Å²) in [5.74, 6) is -1.96. The van der Waals surface area contributed by atoms with Crippen LogP contribution in [0.15, 0.2) is 29.2 Å². The first-order chi connectivity index (χ1) is 10.5. The number of rotatable bonds is 4. The summed E-state index contributed by atoms with van der Waals surface area (Å²) in [6, 6.07) is 4.02. The Bertz CT molecular complexity index is 893. The van der Waals surface area contributed by atoms with Crippen LogP contribution in [0.3, 0.4) is 0 Å². The normalized spacial score (nSPS) is 11.4. The summed E-state index contributed by atoms with van der Waals surface area (Å²) in [4.78, 5) is 24.2. The van der Waals surface area contributed by atoms with Crippen molar-refractivity contribution >= 4 is 35.8 Å². The Morgan fingerprint density at radius 2 is 1.65 bits per heavy atom. The van der Waals surface area contributed by atoms with E-state index in [9.17, 15) is 26.4 Å². The Morgan fingerprint density at radius 3 is 2.04 bits per heavy atom. The zero-order valence-corrected chi connectivity index (χ0v) is 13.7. The van der Waals surface area contributed by atoms with Gasteiger partial charge in [-0.2, -0.15) is 0 Å². The molecule has 0 aromatic heterocycles. The molecule has 0 atom stereocenters. The highest BCUT2D eigenvalue weighted by Crippen LogP contribution is 2.19. The minimum absolute atomic E-state index is 0.0457. The molecular formula is C12H12N2O7S2. The van der Waals surface area contributed by atoms with E-state index in [0.717, 1.165) is 24.3 Å². The van der Waals surface area contributed by atoms with Crippen LogP contribution in [0.2, 0.25) is 0 Å².